The molecule has 0 aliphatic carbocycles. The van der Waals surface area contributed by atoms with Crippen LogP contribution in [0.25, 0.3) is 11.4 Å². The van der Waals surface area contributed by atoms with E-state index in [1.807, 2.05) is 35.2 Å². The van der Waals surface area contributed by atoms with Gasteiger partial charge in [-0.3, -0.25) is 14.4 Å². The molecule has 10 heteroatoms. The molecule has 2 N–H and O–H groups in total. The zero-order valence-electron chi connectivity index (χ0n) is 23.9. The van der Waals surface area contributed by atoms with Crippen molar-refractivity contribution in [3.05, 3.63) is 65.2 Å². The van der Waals surface area contributed by atoms with Crippen molar-refractivity contribution in [1.82, 2.24) is 16.0 Å². The van der Waals surface area contributed by atoms with Crippen LogP contribution in [0.15, 0.2) is 48.5 Å². The Hall–Kier alpha value is -3.00. The summed E-state index contributed by atoms with van der Waals surface area (Å²) in [7, 11) is 0.167. The number of para-hydroxylation sites is 1. The molecule has 0 spiro atoms. The van der Waals surface area contributed by atoms with Crippen LogP contribution in [0.5, 0.6) is 0 Å². The molecule has 2 aliphatic rings. The van der Waals surface area contributed by atoms with Gasteiger partial charge in [-0.1, -0.05) is 42.5 Å². The first-order valence-corrected chi connectivity index (χ1v) is 15.7. The van der Waals surface area contributed by atoms with Crippen LogP contribution in [0, 0.1) is 0 Å². The molecule has 4 rings (SSSR count). The summed E-state index contributed by atoms with van der Waals surface area (Å²) >= 11 is 3.53. The Morgan fingerprint density at radius 3 is 2.05 bits per heavy atom. The third kappa shape index (κ3) is 9.29. The molecule has 2 aliphatic heterocycles. The second kappa shape index (κ2) is 17.6. The average molecular weight is 585 g/mol. The molecular weight excluding hydrogens is 543 g/mol. The number of carbonyl (C=O) groups is 3. The highest BCUT2D eigenvalue weighted by molar-refractivity contribution is 7.79. The van der Waals surface area contributed by atoms with E-state index in [0.29, 0.717) is 32.2 Å². The largest absolute Gasteiger partial charge is 0.307 e. The normalized spacial score (nSPS) is 13.3. The maximum atomic E-state index is 13.5. The van der Waals surface area contributed by atoms with Gasteiger partial charge in [0, 0.05) is 43.6 Å². The Labute approximate surface area is 245 Å². The maximum Gasteiger partial charge on any atom is 0.227 e. The van der Waals surface area contributed by atoms with Gasteiger partial charge in [0.2, 0.25) is 5.91 Å². The lowest BCUT2D eigenvalue weighted by Crippen LogP contribution is -2.38. The summed E-state index contributed by atoms with van der Waals surface area (Å²) in [6.07, 6.45) is 6.31. The van der Waals surface area contributed by atoms with Crippen molar-refractivity contribution in [3.8, 4) is 0 Å². The SMILES string of the molecule is CC(=O)CCCCC(=O)N1Cc2ccccc2C2=C(c3ccccc31)N(CCCCC(C)=O)NN2.CP=O.CS. The van der Waals surface area contributed by atoms with E-state index in [2.05, 4.69) is 46.8 Å². The van der Waals surface area contributed by atoms with Crippen molar-refractivity contribution >= 4 is 55.6 Å². The fraction of sp³-hybridized carbons (Fsp3) is 0.433. The van der Waals surface area contributed by atoms with Crippen molar-refractivity contribution < 1.29 is 18.9 Å². The number of hydrogen-bond acceptors (Lipinski definition) is 8. The number of carbonyl (C=O) groups excluding carboxylic acids is 3. The number of amides is 1. The molecule has 2 aromatic carbocycles. The summed E-state index contributed by atoms with van der Waals surface area (Å²) < 4.78 is 8.90. The van der Waals surface area contributed by atoms with Crippen LogP contribution in [0.4, 0.5) is 5.69 Å². The van der Waals surface area contributed by atoms with Gasteiger partial charge in [-0.05, 0) is 57.4 Å². The van der Waals surface area contributed by atoms with Crippen LogP contribution in [0.2, 0.25) is 0 Å². The minimum absolute atomic E-state index is 0.0618. The topological polar surface area (TPSA) is 98.8 Å². The number of thiol groups is 1. The number of anilines is 1. The predicted molar refractivity (Wildman–Crippen MR) is 166 cm³/mol. The van der Waals surface area contributed by atoms with Gasteiger partial charge in [-0.2, -0.15) is 12.6 Å². The lowest BCUT2D eigenvalue weighted by atomic mass is 9.95. The van der Waals surface area contributed by atoms with E-state index in [9.17, 15) is 14.4 Å². The standard InChI is InChI=1S/C28H34N4O3.CH3OP.CH4S/c1-20(33)11-3-8-17-26(35)31-19-22-13-4-5-14-23(22)27-28(24-15-6-7-16-25(24)31)32(30-29-27)18-10-9-12-21(2)34;1-3-2;1-2/h4-7,13-16,29-30H,3,8-12,17-19H2,1-2H3;1H3;2H,1H3. The van der Waals surface area contributed by atoms with Gasteiger partial charge in [0.25, 0.3) is 0 Å². The number of fused-ring (bicyclic) bond motifs is 4. The highest BCUT2D eigenvalue weighted by atomic mass is 32.1. The number of hydrazine groups is 2. The highest BCUT2D eigenvalue weighted by Gasteiger charge is 2.32. The van der Waals surface area contributed by atoms with Crippen molar-refractivity contribution in [2.75, 3.05) is 24.4 Å². The van der Waals surface area contributed by atoms with E-state index in [1.54, 1.807) is 26.8 Å². The first-order chi connectivity index (χ1) is 19.4. The lowest BCUT2D eigenvalue weighted by molar-refractivity contribution is -0.120. The number of nitrogens with one attached hydrogen (secondary N) is 2. The smallest absolute Gasteiger partial charge is 0.227 e. The van der Waals surface area contributed by atoms with Gasteiger partial charge in [0.1, 0.15) is 11.6 Å². The minimum Gasteiger partial charge on any atom is -0.307 e. The predicted octanol–water partition coefficient (Wildman–Crippen LogP) is 6.05. The van der Waals surface area contributed by atoms with E-state index < -0.39 is 0 Å². The monoisotopic (exact) mass is 584 g/mol. The Morgan fingerprint density at radius 1 is 0.850 bits per heavy atom. The number of hydrogen-bond donors (Lipinski definition) is 3. The molecule has 0 saturated carbocycles. The van der Waals surface area contributed by atoms with Crippen LogP contribution in [-0.2, 0) is 25.5 Å². The van der Waals surface area contributed by atoms with E-state index in [1.165, 1.54) is 0 Å². The van der Waals surface area contributed by atoms with Gasteiger partial charge < -0.3 is 19.9 Å². The number of ketones is 2. The zero-order valence-corrected chi connectivity index (χ0v) is 25.7. The molecule has 0 bridgehead atoms. The summed E-state index contributed by atoms with van der Waals surface area (Å²) in [6.45, 7) is 5.97. The van der Waals surface area contributed by atoms with Crippen LogP contribution in [0.1, 0.15) is 75.5 Å². The Bertz CT molecular complexity index is 1200. The van der Waals surface area contributed by atoms with Crippen LogP contribution in [0.3, 0.4) is 0 Å². The summed E-state index contributed by atoms with van der Waals surface area (Å²) in [4.78, 5) is 38.0. The number of rotatable bonds is 10. The Kier molecular flexibility index (Phi) is 14.6. The molecule has 0 aromatic heterocycles. The summed E-state index contributed by atoms with van der Waals surface area (Å²) in [5.41, 5.74) is 12.7. The van der Waals surface area contributed by atoms with Crippen LogP contribution < -0.4 is 15.9 Å². The molecule has 2 heterocycles. The number of unbranched alkanes of at least 4 members (excludes halogenated alkanes) is 2. The summed E-state index contributed by atoms with van der Waals surface area (Å²) in [5.74, 6) is 0.430. The lowest BCUT2D eigenvalue weighted by Gasteiger charge is -2.31. The molecule has 0 unspecified atom stereocenters. The van der Waals surface area contributed by atoms with E-state index in [-0.39, 0.29) is 25.9 Å². The molecule has 2 aromatic rings. The molecule has 0 radical (unpaired) electrons. The van der Waals surface area contributed by atoms with E-state index in [0.717, 1.165) is 59.6 Å². The minimum atomic E-state index is 0.0618. The van der Waals surface area contributed by atoms with Crippen LogP contribution in [-0.4, -0.2) is 41.9 Å². The van der Waals surface area contributed by atoms with Gasteiger partial charge in [-0.25, -0.2) is 0 Å². The van der Waals surface area contributed by atoms with Crippen molar-refractivity contribution in [2.24, 2.45) is 0 Å². The molecule has 1 amide bonds. The second-order valence-corrected chi connectivity index (χ2v) is 9.88. The molecule has 40 heavy (non-hydrogen) atoms. The van der Waals surface area contributed by atoms with E-state index >= 15 is 0 Å². The molecule has 216 valence electrons. The molecule has 0 saturated heterocycles. The molecular formula is C30H41N4O4PS. The van der Waals surface area contributed by atoms with E-state index in [4.69, 9.17) is 4.57 Å². The maximum absolute atomic E-state index is 13.5. The van der Waals surface area contributed by atoms with Crippen molar-refractivity contribution in [1.29, 1.82) is 0 Å². The number of benzene rings is 2. The summed E-state index contributed by atoms with van der Waals surface area (Å²) in [6, 6.07) is 16.2. The van der Waals surface area contributed by atoms with Gasteiger partial charge >= 0.3 is 0 Å². The van der Waals surface area contributed by atoms with Gasteiger partial charge in [0.15, 0.2) is 8.46 Å². The van der Waals surface area contributed by atoms with Crippen molar-refractivity contribution in [2.45, 2.75) is 65.3 Å². The third-order valence-corrected chi connectivity index (χ3v) is 6.52. The molecule has 0 atom stereocenters. The highest BCUT2D eigenvalue weighted by Crippen LogP contribution is 2.40. The van der Waals surface area contributed by atoms with Crippen LogP contribution >= 0.6 is 21.1 Å². The number of Topliss-reactive ketones (excluding diaryl/α,β-unsaturated/α-hetero) is 2. The quantitative estimate of drug-likeness (QED) is 0.178. The first-order valence-electron chi connectivity index (χ1n) is 13.5. The molecule has 8 nitrogen and oxygen atoms in total. The first kappa shape index (κ1) is 33.2. The molecule has 0 fully saturated rings. The average Bonchev–Trinajstić information content (AvgIpc) is 3.35. The Balaban J connectivity index is 0.00000105. The second-order valence-electron chi connectivity index (χ2n) is 9.52. The Morgan fingerprint density at radius 2 is 1.40 bits per heavy atom. The summed E-state index contributed by atoms with van der Waals surface area (Å²) in [5, 5.41) is 2.09. The fourth-order valence-electron chi connectivity index (χ4n) is 4.73. The van der Waals surface area contributed by atoms with Gasteiger partial charge in [-0.15, -0.1) is 5.53 Å². The third-order valence-electron chi connectivity index (χ3n) is 6.52. The van der Waals surface area contributed by atoms with Crippen molar-refractivity contribution in [3.63, 3.8) is 0 Å². The fourth-order valence-corrected chi connectivity index (χ4v) is 4.73. The zero-order chi connectivity index (χ0) is 29.5. The van der Waals surface area contributed by atoms with Gasteiger partial charge in [0.05, 0.1) is 23.6 Å². The number of nitrogens with zero attached hydrogens (tertiary/aromatic N) is 2.